The molecule has 0 saturated heterocycles. The molecule has 1 aromatic rings. The highest BCUT2D eigenvalue weighted by Crippen LogP contribution is 2.27. The monoisotopic (exact) mass is 200 g/mol. The second-order valence-corrected chi connectivity index (χ2v) is 3.41. The number of benzene rings is 1. The average molecular weight is 200 g/mol. The van der Waals surface area contributed by atoms with Gasteiger partial charge in [0.05, 0.1) is 0 Å². The van der Waals surface area contributed by atoms with E-state index in [0.717, 1.165) is 0 Å². The van der Waals surface area contributed by atoms with Gasteiger partial charge in [-0.2, -0.15) is 0 Å². The Morgan fingerprint density at radius 1 is 1.00 bits per heavy atom. The fraction of sp³-hybridized carbons (Fsp3) is 0.333. The van der Waals surface area contributed by atoms with Gasteiger partial charge in [0, 0.05) is 0 Å². The van der Waals surface area contributed by atoms with Crippen LogP contribution < -0.4 is 4.52 Å². The summed E-state index contributed by atoms with van der Waals surface area (Å²) in [5.74, 6) is 0.471. The van der Waals surface area contributed by atoms with Crippen molar-refractivity contribution in [3.8, 4) is 5.75 Å². The van der Waals surface area contributed by atoms with E-state index in [-0.39, 0.29) is 0 Å². The molecule has 0 unspecified atom stereocenters. The predicted octanol–water partition coefficient (Wildman–Crippen LogP) is 2.45. The molecule has 1 aliphatic rings. The average Bonchev–Trinajstić information content (AvgIpc) is 2.90. The standard InChI is InChI=1S/C6H7O3P.C3H6/c7-10(8)9-6-4-2-1-3-5-6;1-2-3-1/h1-5,7-8H;1-3H2. The Bertz CT molecular complexity index is 221. The van der Waals surface area contributed by atoms with E-state index in [1.807, 2.05) is 6.07 Å². The van der Waals surface area contributed by atoms with Crippen molar-refractivity contribution >= 4 is 8.60 Å². The van der Waals surface area contributed by atoms with E-state index in [2.05, 4.69) is 4.52 Å². The summed E-state index contributed by atoms with van der Waals surface area (Å²) in [5, 5.41) is 0. The molecule has 2 N–H and O–H groups in total. The van der Waals surface area contributed by atoms with E-state index < -0.39 is 8.60 Å². The lowest BCUT2D eigenvalue weighted by molar-refractivity contribution is 0.375. The van der Waals surface area contributed by atoms with Gasteiger partial charge in [-0.15, -0.1) is 0 Å². The first kappa shape index (κ1) is 10.5. The Morgan fingerprint density at radius 3 is 1.92 bits per heavy atom. The molecule has 0 aromatic heterocycles. The van der Waals surface area contributed by atoms with Gasteiger partial charge < -0.3 is 14.3 Å². The minimum absolute atomic E-state index is 0.471. The molecule has 0 radical (unpaired) electrons. The number of para-hydroxylation sites is 1. The van der Waals surface area contributed by atoms with Gasteiger partial charge in [0.1, 0.15) is 5.75 Å². The van der Waals surface area contributed by atoms with Crippen LogP contribution >= 0.6 is 8.60 Å². The second kappa shape index (κ2) is 5.92. The van der Waals surface area contributed by atoms with Crippen LogP contribution in [0, 0.1) is 0 Å². The van der Waals surface area contributed by atoms with E-state index in [9.17, 15) is 0 Å². The van der Waals surface area contributed by atoms with Crippen LogP contribution in [-0.2, 0) is 0 Å². The van der Waals surface area contributed by atoms with Crippen LogP contribution in [0.2, 0.25) is 0 Å². The predicted molar refractivity (Wildman–Crippen MR) is 52.3 cm³/mol. The Hall–Kier alpha value is -0.630. The van der Waals surface area contributed by atoms with E-state index in [1.54, 1.807) is 24.3 Å². The molecule has 0 atom stereocenters. The molecule has 0 bridgehead atoms. The zero-order valence-electron chi connectivity index (χ0n) is 7.26. The van der Waals surface area contributed by atoms with Crippen molar-refractivity contribution in [2.24, 2.45) is 0 Å². The normalized spacial score (nSPS) is 13.2. The van der Waals surface area contributed by atoms with Gasteiger partial charge in [-0.25, -0.2) is 0 Å². The number of rotatable bonds is 2. The summed E-state index contributed by atoms with van der Waals surface area (Å²) in [4.78, 5) is 16.8. The van der Waals surface area contributed by atoms with Crippen LogP contribution in [0.15, 0.2) is 30.3 Å². The molecule has 13 heavy (non-hydrogen) atoms. The molecule has 3 nitrogen and oxygen atoms in total. The summed E-state index contributed by atoms with van der Waals surface area (Å²) in [6.07, 6.45) is 4.50. The van der Waals surface area contributed by atoms with Crippen molar-refractivity contribution in [2.75, 3.05) is 0 Å². The van der Waals surface area contributed by atoms with Crippen molar-refractivity contribution in [2.45, 2.75) is 19.3 Å². The third-order valence-corrected chi connectivity index (χ3v) is 1.66. The van der Waals surface area contributed by atoms with Crippen molar-refractivity contribution in [1.29, 1.82) is 0 Å². The molecule has 0 amide bonds. The lowest BCUT2D eigenvalue weighted by Gasteiger charge is -2.02. The van der Waals surface area contributed by atoms with Crippen LogP contribution in [-0.4, -0.2) is 9.79 Å². The molecular formula is C9H13O3P. The molecule has 2 rings (SSSR count). The van der Waals surface area contributed by atoms with Crippen molar-refractivity contribution < 1.29 is 14.3 Å². The Morgan fingerprint density at radius 2 is 1.54 bits per heavy atom. The molecular weight excluding hydrogens is 187 g/mol. The molecule has 1 fully saturated rings. The highest BCUT2D eigenvalue weighted by Gasteiger charge is 1.99. The summed E-state index contributed by atoms with van der Waals surface area (Å²) >= 11 is 0. The smallest absolute Gasteiger partial charge is 0.391 e. The Balaban J connectivity index is 0.000000236. The quantitative estimate of drug-likeness (QED) is 0.721. The first-order valence-corrected chi connectivity index (χ1v) is 5.36. The summed E-state index contributed by atoms with van der Waals surface area (Å²) < 4.78 is 4.59. The molecule has 1 aromatic carbocycles. The summed E-state index contributed by atoms with van der Waals surface area (Å²) in [5.41, 5.74) is 0. The van der Waals surface area contributed by atoms with Crippen molar-refractivity contribution in [1.82, 2.24) is 0 Å². The van der Waals surface area contributed by atoms with Gasteiger partial charge in [-0.1, -0.05) is 37.5 Å². The first-order chi connectivity index (χ1) is 6.29. The topological polar surface area (TPSA) is 49.7 Å². The zero-order valence-corrected chi connectivity index (χ0v) is 8.15. The maximum absolute atomic E-state index is 8.40. The fourth-order valence-electron chi connectivity index (χ4n) is 0.576. The van der Waals surface area contributed by atoms with Crippen LogP contribution in [0.3, 0.4) is 0 Å². The molecule has 0 aliphatic heterocycles. The Labute approximate surface area is 79.0 Å². The summed E-state index contributed by atoms with van der Waals surface area (Å²) in [7, 11) is -2.28. The van der Waals surface area contributed by atoms with E-state index in [1.165, 1.54) is 19.3 Å². The molecule has 72 valence electrons. The number of hydrogen-bond donors (Lipinski definition) is 2. The van der Waals surface area contributed by atoms with Crippen molar-refractivity contribution in [3.63, 3.8) is 0 Å². The molecule has 1 aliphatic carbocycles. The minimum Gasteiger partial charge on any atom is -0.427 e. The molecule has 1 saturated carbocycles. The Kier molecular flexibility index (Phi) is 4.76. The van der Waals surface area contributed by atoms with E-state index in [4.69, 9.17) is 9.79 Å². The van der Waals surface area contributed by atoms with Gasteiger partial charge in [-0.05, 0) is 12.1 Å². The largest absolute Gasteiger partial charge is 0.427 e. The lowest BCUT2D eigenvalue weighted by Crippen LogP contribution is -1.82. The van der Waals surface area contributed by atoms with Crippen LogP contribution in [0.4, 0.5) is 0 Å². The molecule has 0 heterocycles. The maximum Gasteiger partial charge on any atom is 0.391 e. The highest BCUT2D eigenvalue weighted by atomic mass is 31.2. The third kappa shape index (κ3) is 6.52. The SMILES string of the molecule is C1CC1.OP(O)Oc1ccccc1. The summed E-state index contributed by atoms with van der Waals surface area (Å²) in [6, 6.07) is 8.65. The van der Waals surface area contributed by atoms with E-state index in [0.29, 0.717) is 5.75 Å². The van der Waals surface area contributed by atoms with Gasteiger partial charge in [0.15, 0.2) is 0 Å². The van der Waals surface area contributed by atoms with Gasteiger partial charge in [0.25, 0.3) is 0 Å². The zero-order chi connectivity index (χ0) is 9.52. The van der Waals surface area contributed by atoms with Gasteiger partial charge in [0.2, 0.25) is 0 Å². The maximum atomic E-state index is 8.40. The third-order valence-electron chi connectivity index (χ3n) is 1.28. The summed E-state index contributed by atoms with van der Waals surface area (Å²) in [6.45, 7) is 0. The van der Waals surface area contributed by atoms with Crippen molar-refractivity contribution in [3.05, 3.63) is 30.3 Å². The molecule has 0 spiro atoms. The number of hydrogen-bond acceptors (Lipinski definition) is 3. The van der Waals surface area contributed by atoms with Crippen LogP contribution in [0.1, 0.15) is 19.3 Å². The highest BCUT2D eigenvalue weighted by molar-refractivity contribution is 7.39. The van der Waals surface area contributed by atoms with Crippen LogP contribution in [0.5, 0.6) is 5.75 Å². The fourth-order valence-corrected chi connectivity index (χ4v) is 0.886. The second-order valence-electron chi connectivity index (χ2n) is 2.72. The van der Waals surface area contributed by atoms with Gasteiger partial charge >= 0.3 is 8.60 Å². The lowest BCUT2D eigenvalue weighted by atomic mass is 10.3. The van der Waals surface area contributed by atoms with Gasteiger partial charge in [-0.3, -0.25) is 0 Å². The molecule has 4 heteroatoms. The van der Waals surface area contributed by atoms with Crippen LogP contribution in [0.25, 0.3) is 0 Å². The minimum atomic E-state index is -2.28. The van der Waals surface area contributed by atoms with E-state index >= 15 is 0 Å². The first-order valence-electron chi connectivity index (χ1n) is 4.20.